The van der Waals surface area contributed by atoms with Crippen LogP contribution in [0, 0.1) is 11.3 Å². The molecule has 0 spiro atoms. The first-order valence-electron chi connectivity index (χ1n) is 7.47. The second-order valence-electron chi connectivity index (χ2n) is 5.41. The van der Waals surface area contributed by atoms with E-state index in [9.17, 15) is 4.79 Å². The van der Waals surface area contributed by atoms with Gasteiger partial charge >= 0.3 is 6.03 Å². The molecule has 1 N–H and O–H groups in total. The smallest absolute Gasteiger partial charge is 0.336 e. The lowest BCUT2D eigenvalue weighted by Crippen LogP contribution is -2.27. The van der Waals surface area contributed by atoms with Crippen LogP contribution in [0.2, 0.25) is 0 Å². The van der Waals surface area contributed by atoms with Gasteiger partial charge in [0.15, 0.2) is 0 Å². The molecule has 3 rings (SSSR count). The van der Waals surface area contributed by atoms with E-state index in [1.165, 1.54) is 7.11 Å². The fraction of sp³-hybridized carbons (Fsp3) is 0.111. The number of nitriles is 1. The Morgan fingerprint density at radius 2 is 2.12 bits per heavy atom. The van der Waals surface area contributed by atoms with Crippen molar-refractivity contribution in [2.45, 2.75) is 0 Å². The zero-order valence-corrected chi connectivity index (χ0v) is 14.6. The molecule has 1 heterocycles. The predicted octanol–water partition coefficient (Wildman–Crippen LogP) is 3.94. The molecule has 0 saturated heterocycles. The highest BCUT2D eigenvalue weighted by atomic mass is 32.1. The monoisotopic (exact) mass is 352 g/mol. The number of aryl methyl sites for hydroxylation is 1. The molecule has 25 heavy (non-hydrogen) atoms. The van der Waals surface area contributed by atoms with E-state index in [1.807, 2.05) is 48.1 Å². The van der Waals surface area contributed by atoms with Crippen LogP contribution in [0.1, 0.15) is 5.56 Å². The number of hydrogen-bond acceptors (Lipinski definition) is 4. The Labute approximate surface area is 150 Å². The number of nitrogens with one attached hydrogen (secondary N) is 1. The summed E-state index contributed by atoms with van der Waals surface area (Å²) in [6, 6.07) is 14.0. The minimum absolute atomic E-state index is 0.391. The van der Waals surface area contributed by atoms with Crippen LogP contribution in [0.15, 0.2) is 48.7 Å². The number of ether oxygens (including phenoxy) is 1. The number of rotatable bonds is 3. The molecule has 0 aliphatic carbocycles. The number of amides is 2. The highest BCUT2D eigenvalue weighted by molar-refractivity contribution is 7.82. The van der Waals surface area contributed by atoms with Gasteiger partial charge in [-0.15, -0.1) is 0 Å². The van der Waals surface area contributed by atoms with Gasteiger partial charge in [0, 0.05) is 24.1 Å². The van der Waals surface area contributed by atoms with Crippen LogP contribution in [-0.4, -0.2) is 17.7 Å². The first-order chi connectivity index (χ1) is 12.0. The maximum atomic E-state index is 12.6. The molecule has 3 aromatic rings. The van der Waals surface area contributed by atoms with Gasteiger partial charge in [-0.25, -0.2) is 9.10 Å². The van der Waals surface area contributed by atoms with Crippen LogP contribution in [0.4, 0.5) is 16.2 Å². The summed E-state index contributed by atoms with van der Waals surface area (Å²) in [6.45, 7) is 0. The lowest BCUT2D eigenvalue weighted by atomic mass is 10.2. The summed E-state index contributed by atoms with van der Waals surface area (Å²) in [6.07, 6.45) is 1.93. The SMILES string of the molecule is COc1ccc(C#N)cc1N(S)C(=O)Nc1cccc2c1ccn2C. The minimum atomic E-state index is -0.451. The maximum Gasteiger partial charge on any atom is 0.336 e. The van der Waals surface area contributed by atoms with E-state index in [1.54, 1.807) is 18.2 Å². The first kappa shape index (κ1) is 16.7. The normalized spacial score (nSPS) is 10.3. The zero-order valence-electron chi connectivity index (χ0n) is 13.7. The summed E-state index contributed by atoms with van der Waals surface area (Å²) in [5.41, 5.74) is 2.49. The van der Waals surface area contributed by atoms with Crippen LogP contribution in [0.3, 0.4) is 0 Å². The number of fused-ring (bicyclic) bond motifs is 1. The van der Waals surface area contributed by atoms with Crippen molar-refractivity contribution in [3.8, 4) is 11.8 Å². The second kappa shape index (κ2) is 6.79. The Balaban J connectivity index is 1.92. The standard InChI is InChI=1S/C18H16N4O2S/c1-21-9-8-13-14(4-3-5-15(13)21)20-18(23)22(25)16-10-12(11-19)6-7-17(16)24-2/h3-10,25H,1-2H3,(H,20,23). The summed E-state index contributed by atoms with van der Waals surface area (Å²) in [4.78, 5) is 12.6. The zero-order chi connectivity index (χ0) is 18.0. The van der Waals surface area contributed by atoms with Crippen molar-refractivity contribution >= 4 is 41.1 Å². The van der Waals surface area contributed by atoms with E-state index >= 15 is 0 Å². The number of nitrogens with zero attached hydrogens (tertiary/aromatic N) is 3. The average molecular weight is 352 g/mol. The van der Waals surface area contributed by atoms with E-state index in [4.69, 9.17) is 10.00 Å². The Morgan fingerprint density at radius 1 is 1.32 bits per heavy atom. The largest absolute Gasteiger partial charge is 0.495 e. The van der Waals surface area contributed by atoms with Crippen molar-refractivity contribution in [3.05, 3.63) is 54.2 Å². The number of hydrogen-bond donors (Lipinski definition) is 2. The Morgan fingerprint density at radius 3 is 2.84 bits per heavy atom. The van der Waals surface area contributed by atoms with Crippen LogP contribution in [0.25, 0.3) is 10.9 Å². The van der Waals surface area contributed by atoms with Gasteiger partial charge in [0.25, 0.3) is 0 Å². The molecule has 0 fully saturated rings. The summed E-state index contributed by atoms with van der Waals surface area (Å²) >= 11 is 4.28. The molecular weight excluding hydrogens is 336 g/mol. The first-order valence-corrected chi connectivity index (χ1v) is 7.87. The number of benzene rings is 2. The van der Waals surface area contributed by atoms with E-state index in [0.29, 0.717) is 22.7 Å². The maximum absolute atomic E-state index is 12.6. The van der Waals surface area contributed by atoms with E-state index in [0.717, 1.165) is 15.2 Å². The molecule has 126 valence electrons. The highest BCUT2D eigenvalue weighted by Gasteiger charge is 2.18. The quantitative estimate of drug-likeness (QED) is 0.702. The van der Waals surface area contributed by atoms with Crippen molar-refractivity contribution in [1.29, 1.82) is 5.26 Å². The number of carbonyl (C=O) groups excluding carboxylic acids is 1. The third-order valence-corrected chi connectivity index (χ3v) is 4.30. The molecular formula is C18H16N4O2S. The fourth-order valence-electron chi connectivity index (χ4n) is 2.61. The van der Waals surface area contributed by atoms with Gasteiger partial charge in [0.2, 0.25) is 0 Å². The molecule has 6 nitrogen and oxygen atoms in total. The lowest BCUT2D eigenvalue weighted by molar-refractivity contribution is 0.260. The van der Waals surface area contributed by atoms with Gasteiger partial charge in [0.05, 0.1) is 24.4 Å². The Bertz CT molecular complexity index is 990. The third-order valence-electron chi connectivity index (χ3n) is 3.90. The van der Waals surface area contributed by atoms with Crippen LogP contribution in [0.5, 0.6) is 5.75 Å². The molecule has 2 aromatic carbocycles. The van der Waals surface area contributed by atoms with Gasteiger partial charge in [-0.3, -0.25) is 0 Å². The summed E-state index contributed by atoms with van der Waals surface area (Å²) in [7, 11) is 3.44. The minimum Gasteiger partial charge on any atom is -0.495 e. The number of methoxy groups -OCH3 is 1. The van der Waals surface area contributed by atoms with E-state index < -0.39 is 6.03 Å². The molecule has 0 unspecified atom stereocenters. The van der Waals surface area contributed by atoms with Crippen molar-refractivity contribution in [3.63, 3.8) is 0 Å². The predicted molar refractivity (Wildman–Crippen MR) is 101 cm³/mol. The second-order valence-corrected chi connectivity index (χ2v) is 5.81. The van der Waals surface area contributed by atoms with Crippen molar-refractivity contribution in [1.82, 2.24) is 4.57 Å². The summed E-state index contributed by atoms with van der Waals surface area (Å²) in [5.74, 6) is 0.446. The number of urea groups is 1. The van der Waals surface area contributed by atoms with Crippen LogP contribution < -0.4 is 14.4 Å². The number of aromatic nitrogens is 1. The number of thiol groups is 1. The molecule has 0 radical (unpaired) electrons. The van der Waals surface area contributed by atoms with Crippen LogP contribution >= 0.6 is 12.8 Å². The summed E-state index contributed by atoms with van der Waals surface area (Å²) < 4.78 is 8.36. The van der Waals surface area contributed by atoms with Crippen molar-refractivity contribution < 1.29 is 9.53 Å². The summed E-state index contributed by atoms with van der Waals surface area (Å²) in [5, 5.41) is 12.8. The van der Waals surface area contributed by atoms with Gasteiger partial charge < -0.3 is 14.6 Å². The highest BCUT2D eigenvalue weighted by Crippen LogP contribution is 2.32. The Kier molecular flexibility index (Phi) is 4.55. The molecule has 0 saturated carbocycles. The number of carbonyl (C=O) groups is 1. The van der Waals surface area contributed by atoms with Gasteiger partial charge in [-0.05, 0) is 36.4 Å². The molecule has 2 amide bonds. The molecule has 0 aliphatic rings. The average Bonchev–Trinajstić information content (AvgIpc) is 3.02. The third kappa shape index (κ3) is 3.12. The fourth-order valence-corrected chi connectivity index (χ4v) is 2.82. The molecule has 0 bridgehead atoms. The Hall–Kier alpha value is -3.11. The molecule has 1 aromatic heterocycles. The number of anilines is 2. The van der Waals surface area contributed by atoms with E-state index in [-0.39, 0.29) is 0 Å². The van der Waals surface area contributed by atoms with Gasteiger partial charge in [-0.2, -0.15) is 5.26 Å². The van der Waals surface area contributed by atoms with Crippen LogP contribution in [-0.2, 0) is 7.05 Å². The van der Waals surface area contributed by atoms with Crippen molar-refractivity contribution in [2.75, 3.05) is 16.7 Å². The van der Waals surface area contributed by atoms with Gasteiger partial charge in [0.1, 0.15) is 11.4 Å². The topological polar surface area (TPSA) is 70.3 Å². The molecule has 7 heteroatoms. The molecule has 0 atom stereocenters. The lowest BCUT2D eigenvalue weighted by Gasteiger charge is -2.19. The van der Waals surface area contributed by atoms with Crippen molar-refractivity contribution in [2.24, 2.45) is 7.05 Å². The van der Waals surface area contributed by atoms with Gasteiger partial charge in [-0.1, -0.05) is 18.9 Å². The van der Waals surface area contributed by atoms with E-state index in [2.05, 4.69) is 18.1 Å². The molecule has 0 aliphatic heterocycles.